The van der Waals surface area contributed by atoms with Crippen molar-refractivity contribution in [2.24, 2.45) is 5.10 Å². The fourth-order valence-corrected chi connectivity index (χ4v) is 1.68. The van der Waals surface area contributed by atoms with Crippen molar-refractivity contribution in [1.29, 1.82) is 0 Å². The number of hydrogen-bond donors (Lipinski definition) is 0. The van der Waals surface area contributed by atoms with Crippen LogP contribution in [0.15, 0.2) is 17.4 Å². The quantitative estimate of drug-likeness (QED) is 0.365. The number of alkyl halides is 4. The molecule has 0 aromatic carbocycles. The molecule has 1 aromatic rings. The molecular formula is C9H9F3IN3. The number of halogens is 4. The Kier molecular flexibility index (Phi) is 4.11. The lowest BCUT2D eigenvalue weighted by Crippen LogP contribution is -2.14. The van der Waals surface area contributed by atoms with Gasteiger partial charge in [0.25, 0.3) is 0 Å². The normalized spacial score (nSPS) is 11.3. The van der Waals surface area contributed by atoms with Crippen LogP contribution in [0.2, 0.25) is 0 Å². The highest BCUT2D eigenvalue weighted by atomic mass is 127. The van der Waals surface area contributed by atoms with E-state index in [4.69, 9.17) is 0 Å². The van der Waals surface area contributed by atoms with Crippen molar-refractivity contribution in [3.63, 3.8) is 0 Å². The summed E-state index contributed by atoms with van der Waals surface area (Å²) in [6, 6.07) is 1.08. The van der Waals surface area contributed by atoms with Gasteiger partial charge in [0.1, 0.15) is 0 Å². The van der Waals surface area contributed by atoms with E-state index in [1.165, 1.54) is 5.01 Å². The van der Waals surface area contributed by atoms with E-state index >= 15 is 0 Å². The summed E-state index contributed by atoms with van der Waals surface area (Å²) in [6.07, 6.45) is -3.57. The lowest BCUT2D eigenvalue weighted by atomic mass is 10.2. The van der Waals surface area contributed by atoms with Gasteiger partial charge in [0.15, 0.2) is 5.82 Å². The summed E-state index contributed by atoms with van der Waals surface area (Å²) in [4.78, 5) is 3.75. The van der Waals surface area contributed by atoms with Gasteiger partial charge in [0, 0.05) is 30.0 Å². The molecule has 7 heteroatoms. The number of aromatic nitrogens is 1. The Morgan fingerprint density at radius 2 is 2.19 bits per heavy atom. The molecule has 0 aliphatic rings. The molecule has 3 nitrogen and oxygen atoms in total. The van der Waals surface area contributed by atoms with Gasteiger partial charge in [-0.05, 0) is 6.07 Å². The van der Waals surface area contributed by atoms with Crippen LogP contribution in [0.4, 0.5) is 19.0 Å². The molecule has 1 rings (SSSR count). The number of rotatable bonds is 3. The molecule has 0 spiro atoms. The van der Waals surface area contributed by atoms with Crippen LogP contribution in [-0.2, 0) is 10.6 Å². The number of nitrogens with zero attached hydrogens (tertiary/aromatic N) is 3. The summed E-state index contributed by atoms with van der Waals surface area (Å²) in [5.74, 6) is 0.386. The van der Waals surface area contributed by atoms with Crippen LogP contribution in [-0.4, -0.2) is 18.7 Å². The highest BCUT2D eigenvalue weighted by molar-refractivity contribution is 14.1. The first-order chi connectivity index (χ1) is 7.40. The van der Waals surface area contributed by atoms with Gasteiger partial charge >= 0.3 is 6.18 Å². The fourth-order valence-electron chi connectivity index (χ4n) is 1.11. The molecule has 0 aliphatic carbocycles. The molecule has 88 valence electrons. The molecule has 0 atom stereocenters. The molecule has 0 saturated carbocycles. The third-order valence-corrected chi connectivity index (χ3v) is 2.75. The van der Waals surface area contributed by atoms with Gasteiger partial charge in [-0.2, -0.15) is 18.3 Å². The monoisotopic (exact) mass is 343 g/mol. The molecule has 0 radical (unpaired) electrons. The van der Waals surface area contributed by atoms with Crippen LogP contribution in [0.25, 0.3) is 0 Å². The average molecular weight is 343 g/mol. The first-order valence-corrected chi connectivity index (χ1v) is 5.75. The van der Waals surface area contributed by atoms with E-state index in [9.17, 15) is 13.2 Å². The smallest absolute Gasteiger partial charge is 0.251 e. The second-order valence-corrected chi connectivity index (χ2v) is 3.77. The minimum Gasteiger partial charge on any atom is -0.251 e. The molecule has 0 bridgehead atoms. The molecule has 0 unspecified atom stereocenters. The molecule has 16 heavy (non-hydrogen) atoms. The maximum Gasteiger partial charge on any atom is 0.417 e. The van der Waals surface area contributed by atoms with Crippen LogP contribution in [0, 0.1) is 0 Å². The number of anilines is 1. The molecule has 0 saturated heterocycles. The van der Waals surface area contributed by atoms with Crippen molar-refractivity contribution < 1.29 is 13.2 Å². The first-order valence-electron chi connectivity index (χ1n) is 4.22. The summed E-state index contributed by atoms with van der Waals surface area (Å²) in [7, 11) is 1.58. The lowest BCUT2D eigenvalue weighted by Gasteiger charge is -2.16. The molecule has 0 amide bonds. The summed E-state index contributed by atoms with van der Waals surface area (Å²) >= 11 is 1.98. The predicted molar refractivity (Wildman–Crippen MR) is 64.9 cm³/mol. The average Bonchev–Trinajstić information content (AvgIpc) is 2.26. The van der Waals surface area contributed by atoms with Crippen LogP contribution in [0.1, 0.15) is 11.1 Å². The maximum atomic E-state index is 12.4. The third kappa shape index (κ3) is 2.83. The van der Waals surface area contributed by atoms with E-state index in [0.29, 0.717) is 15.8 Å². The van der Waals surface area contributed by atoms with Gasteiger partial charge in [-0.3, -0.25) is 5.01 Å². The Labute approximate surface area is 104 Å². The van der Waals surface area contributed by atoms with E-state index in [2.05, 4.69) is 16.8 Å². The van der Waals surface area contributed by atoms with Crippen LogP contribution in [0.5, 0.6) is 0 Å². The Bertz CT molecular complexity index is 392. The van der Waals surface area contributed by atoms with Crippen molar-refractivity contribution >= 4 is 35.1 Å². The molecule has 0 N–H and O–H groups in total. The molecule has 0 aliphatic heterocycles. The summed E-state index contributed by atoms with van der Waals surface area (Å²) in [5.41, 5.74) is -0.272. The first kappa shape index (κ1) is 13.2. The Hall–Kier alpha value is -0.860. The number of hydrazone groups is 1. The van der Waals surface area contributed by atoms with E-state index in [1.54, 1.807) is 7.05 Å². The number of hydrogen-bond acceptors (Lipinski definition) is 3. The lowest BCUT2D eigenvalue weighted by molar-refractivity contribution is -0.137. The highest BCUT2D eigenvalue weighted by Gasteiger charge is 2.31. The second kappa shape index (κ2) is 4.98. The summed E-state index contributed by atoms with van der Waals surface area (Å²) in [5, 5.41) is 4.94. The van der Waals surface area contributed by atoms with Gasteiger partial charge in [-0.25, -0.2) is 4.98 Å². The van der Waals surface area contributed by atoms with Crippen molar-refractivity contribution in [3.05, 3.63) is 23.4 Å². The zero-order valence-corrected chi connectivity index (χ0v) is 10.6. The molecule has 1 heterocycles. The molecule has 1 aromatic heterocycles. The van der Waals surface area contributed by atoms with Crippen molar-refractivity contribution in [3.8, 4) is 0 Å². The summed E-state index contributed by atoms with van der Waals surface area (Å²) < 4.78 is 37.7. The van der Waals surface area contributed by atoms with E-state index in [-0.39, 0.29) is 0 Å². The maximum absolute atomic E-state index is 12.4. The fraction of sp³-hybridized carbons (Fsp3) is 0.333. The molecule has 0 fully saturated rings. The SMILES string of the molecule is C=NN(C)c1ncc(C(F)(F)F)cc1CI. The zero-order chi connectivity index (χ0) is 12.3. The van der Waals surface area contributed by atoms with Gasteiger partial charge in [-0.15, -0.1) is 0 Å². The number of pyridine rings is 1. The van der Waals surface area contributed by atoms with E-state index < -0.39 is 11.7 Å². The zero-order valence-electron chi connectivity index (χ0n) is 8.42. The Morgan fingerprint density at radius 1 is 1.56 bits per heavy atom. The van der Waals surface area contributed by atoms with E-state index in [1.807, 2.05) is 22.6 Å². The standard InChI is InChI=1S/C9H9F3IN3/c1-14-16(2)8-6(4-13)3-7(5-15-8)9(10,11)12/h3,5H,1,4H2,2H3. The van der Waals surface area contributed by atoms with Crippen molar-refractivity contribution in [1.82, 2.24) is 4.98 Å². The highest BCUT2D eigenvalue weighted by Crippen LogP contribution is 2.32. The van der Waals surface area contributed by atoms with Crippen LogP contribution in [0.3, 0.4) is 0 Å². The van der Waals surface area contributed by atoms with Crippen molar-refractivity contribution in [2.75, 3.05) is 12.1 Å². The Morgan fingerprint density at radius 3 is 2.62 bits per heavy atom. The third-order valence-electron chi connectivity index (χ3n) is 1.93. The van der Waals surface area contributed by atoms with Gasteiger partial charge in [-0.1, -0.05) is 22.6 Å². The largest absolute Gasteiger partial charge is 0.417 e. The van der Waals surface area contributed by atoms with Crippen LogP contribution >= 0.6 is 22.6 Å². The van der Waals surface area contributed by atoms with E-state index in [0.717, 1.165) is 12.3 Å². The summed E-state index contributed by atoms with van der Waals surface area (Å²) in [6.45, 7) is 3.29. The van der Waals surface area contributed by atoms with Gasteiger partial charge in [0.2, 0.25) is 0 Å². The second-order valence-electron chi connectivity index (χ2n) is 3.00. The minimum absolute atomic E-state index is 0.386. The minimum atomic E-state index is -4.37. The van der Waals surface area contributed by atoms with Crippen molar-refractivity contribution in [2.45, 2.75) is 10.6 Å². The predicted octanol–water partition coefficient (Wildman–Crippen LogP) is 3.09. The van der Waals surface area contributed by atoms with Crippen LogP contribution < -0.4 is 5.01 Å². The van der Waals surface area contributed by atoms with Gasteiger partial charge in [0.05, 0.1) is 5.56 Å². The topological polar surface area (TPSA) is 28.5 Å². The Balaban J connectivity index is 3.22. The van der Waals surface area contributed by atoms with Gasteiger partial charge < -0.3 is 0 Å². The molecular weight excluding hydrogens is 334 g/mol.